The van der Waals surface area contributed by atoms with Gasteiger partial charge in [0, 0.05) is 11.9 Å². The molecule has 1 N–H and O–H groups in total. The Morgan fingerprint density at radius 2 is 2.11 bits per heavy atom. The highest BCUT2D eigenvalue weighted by atomic mass is 19.3. The van der Waals surface area contributed by atoms with E-state index >= 15 is 0 Å². The minimum atomic E-state index is -3.71. The fourth-order valence-electron chi connectivity index (χ4n) is 2.80. The number of halogens is 2. The number of carbonyl (C=O) groups excluding carboxylic acids is 2. The molecule has 9 heteroatoms. The first kappa shape index (κ1) is 18.7. The summed E-state index contributed by atoms with van der Waals surface area (Å²) >= 11 is 0. The zero-order chi connectivity index (χ0) is 19.6. The van der Waals surface area contributed by atoms with E-state index in [1.54, 1.807) is 25.3 Å². The Balaban J connectivity index is 1.83. The third-order valence-corrected chi connectivity index (χ3v) is 4.22. The van der Waals surface area contributed by atoms with Gasteiger partial charge < -0.3 is 10.1 Å². The number of ether oxygens (including phenoxy) is 1. The molecule has 1 aliphatic heterocycles. The van der Waals surface area contributed by atoms with Crippen molar-refractivity contribution in [2.24, 2.45) is 0 Å². The van der Waals surface area contributed by atoms with Gasteiger partial charge in [0.2, 0.25) is 0 Å². The van der Waals surface area contributed by atoms with Crippen molar-refractivity contribution in [3.63, 3.8) is 0 Å². The normalized spacial score (nSPS) is 14.8. The summed E-state index contributed by atoms with van der Waals surface area (Å²) in [5.41, 5.74) is 1.56. The van der Waals surface area contributed by atoms with Gasteiger partial charge in [-0.3, -0.25) is 14.5 Å². The van der Waals surface area contributed by atoms with E-state index in [0.29, 0.717) is 17.9 Å². The Kier molecular flexibility index (Phi) is 5.02. The predicted molar refractivity (Wildman–Crippen MR) is 93.4 cm³/mol. The van der Waals surface area contributed by atoms with Gasteiger partial charge in [0.15, 0.2) is 0 Å². The lowest BCUT2D eigenvalue weighted by atomic mass is 10.1. The van der Waals surface area contributed by atoms with Crippen LogP contribution in [0.2, 0.25) is 0 Å². The molecule has 142 valence electrons. The number of nitrogens with zero attached hydrogens (tertiary/aromatic N) is 3. The molecule has 0 radical (unpaired) electrons. The molecule has 0 saturated heterocycles. The Bertz CT molecular complexity index is 889. The van der Waals surface area contributed by atoms with Crippen LogP contribution >= 0.6 is 0 Å². The first-order valence-corrected chi connectivity index (χ1v) is 8.35. The predicted octanol–water partition coefficient (Wildman–Crippen LogP) is 2.40. The number of hydrogen-bond donors (Lipinski definition) is 1. The van der Waals surface area contributed by atoms with Gasteiger partial charge in [-0.2, -0.15) is 19.0 Å². The Morgan fingerprint density at radius 1 is 1.33 bits per heavy atom. The molecule has 2 heterocycles. The molecule has 0 aliphatic carbocycles. The first-order chi connectivity index (χ1) is 12.8. The topological polar surface area (TPSA) is 84.4 Å². The molecular formula is C18H18F2N4O3. The molecule has 2 aromatic rings. The average molecular weight is 376 g/mol. The van der Waals surface area contributed by atoms with E-state index in [1.165, 1.54) is 12.1 Å². The number of rotatable bonds is 6. The zero-order valence-corrected chi connectivity index (χ0v) is 14.8. The van der Waals surface area contributed by atoms with Crippen LogP contribution in [0.25, 0.3) is 0 Å². The molecule has 1 aromatic carbocycles. The zero-order valence-electron chi connectivity index (χ0n) is 14.8. The Labute approximate surface area is 154 Å². The molecule has 0 fully saturated rings. The summed E-state index contributed by atoms with van der Waals surface area (Å²) in [7, 11) is 0. The van der Waals surface area contributed by atoms with E-state index in [2.05, 4.69) is 15.5 Å². The van der Waals surface area contributed by atoms with Gasteiger partial charge in [-0.25, -0.2) is 0 Å². The summed E-state index contributed by atoms with van der Waals surface area (Å²) < 4.78 is 33.6. The molecule has 27 heavy (non-hydrogen) atoms. The number of nitrogens with one attached hydrogen (secondary N) is 1. The Hall–Kier alpha value is -3.10. The number of amides is 1. The fraction of sp³-hybridized carbons (Fsp3) is 0.333. The Morgan fingerprint density at radius 3 is 2.81 bits per heavy atom. The van der Waals surface area contributed by atoms with Crippen molar-refractivity contribution in [2.75, 3.05) is 23.4 Å². The van der Waals surface area contributed by atoms with Crippen LogP contribution in [0.1, 0.15) is 23.7 Å². The molecule has 1 amide bonds. The van der Waals surface area contributed by atoms with E-state index in [0.717, 1.165) is 10.5 Å². The summed E-state index contributed by atoms with van der Waals surface area (Å²) in [5, 5.41) is 10.8. The second-order valence-electron chi connectivity index (χ2n) is 6.02. The third kappa shape index (κ3) is 3.57. The highest BCUT2D eigenvalue weighted by Crippen LogP contribution is 2.45. The lowest BCUT2D eigenvalue weighted by Gasteiger charge is -2.16. The maximum atomic E-state index is 14.4. The smallest absolute Gasteiger partial charge is 0.352 e. The van der Waals surface area contributed by atoms with Crippen molar-refractivity contribution in [1.82, 2.24) is 10.2 Å². The van der Waals surface area contributed by atoms with Crippen molar-refractivity contribution >= 4 is 23.3 Å². The minimum absolute atomic E-state index is 0.000661. The van der Waals surface area contributed by atoms with Gasteiger partial charge in [-0.15, -0.1) is 0 Å². The van der Waals surface area contributed by atoms with Gasteiger partial charge in [-0.05, 0) is 43.7 Å². The lowest BCUT2D eigenvalue weighted by Crippen LogP contribution is -2.38. The highest BCUT2D eigenvalue weighted by Gasteiger charge is 2.53. The van der Waals surface area contributed by atoms with Crippen molar-refractivity contribution < 1.29 is 23.1 Å². The summed E-state index contributed by atoms with van der Waals surface area (Å²) in [6.45, 7) is 3.32. The number of alkyl halides is 2. The first-order valence-electron chi connectivity index (χ1n) is 8.35. The number of carbonyl (C=O) groups is 2. The number of aryl methyl sites for hydroxylation is 1. The van der Waals surface area contributed by atoms with E-state index in [4.69, 9.17) is 4.74 Å². The second-order valence-corrected chi connectivity index (χ2v) is 6.02. The van der Waals surface area contributed by atoms with Crippen molar-refractivity contribution in [1.29, 1.82) is 0 Å². The monoisotopic (exact) mass is 376 g/mol. The van der Waals surface area contributed by atoms with E-state index in [1.807, 2.05) is 6.92 Å². The van der Waals surface area contributed by atoms with Crippen LogP contribution in [0.3, 0.4) is 0 Å². The number of hydrogen-bond acceptors (Lipinski definition) is 6. The number of anilines is 2. The van der Waals surface area contributed by atoms with Crippen LogP contribution in [-0.4, -0.2) is 35.2 Å². The van der Waals surface area contributed by atoms with Crippen LogP contribution in [0, 0.1) is 6.92 Å². The summed E-state index contributed by atoms with van der Waals surface area (Å²) in [6, 6.07) is 5.97. The van der Waals surface area contributed by atoms with Crippen molar-refractivity contribution in [3.05, 3.63) is 47.3 Å². The van der Waals surface area contributed by atoms with Gasteiger partial charge in [-0.1, -0.05) is 0 Å². The van der Waals surface area contributed by atoms with Crippen LogP contribution in [0.15, 0.2) is 30.5 Å². The van der Waals surface area contributed by atoms with Gasteiger partial charge in [0.05, 0.1) is 30.1 Å². The molecule has 0 saturated carbocycles. The van der Waals surface area contributed by atoms with E-state index in [9.17, 15) is 18.4 Å². The molecule has 0 bridgehead atoms. The number of benzene rings is 1. The SMILES string of the molecule is CCOC(=O)CN1C(=O)C(F)(F)c2cc(NCc3nnccc3C)ccc21. The number of aromatic nitrogens is 2. The third-order valence-electron chi connectivity index (χ3n) is 4.22. The molecule has 1 aliphatic rings. The molecular weight excluding hydrogens is 358 g/mol. The number of fused-ring (bicyclic) bond motifs is 1. The van der Waals surface area contributed by atoms with Gasteiger partial charge in [0.1, 0.15) is 6.54 Å². The van der Waals surface area contributed by atoms with E-state index in [-0.39, 0.29) is 12.3 Å². The molecule has 0 atom stereocenters. The largest absolute Gasteiger partial charge is 0.465 e. The molecule has 0 unspecified atom stereocenters. The minimum Gasteiger partial charge on any atom is -0.465 e. The lowest BCUT2D eigenvalue weighted by molar-refractivity contribution is -0.146. The molecule has 3 rings (SSSR count). The molecule has 0 spiro atoms. The molecule has 7 nitrogen and oxygen atoms in total. The van der Waals surface area contributed by atoms with Gasteiger partial charge >= 0.3 is 17.8 Å². The highest BCUT2D eigenvalue weighted by molar-refractivity contribution is 6.08. The maximum absolute atomic E-state index is 14.4. The number of esters is 1. The second kappa shape index (κ2) is 7.26. The van der Waals surface area contributed by atoms with Crippen LogP contribution in [0.4, 0.5) is 20.2 Å². The van der Waals surface area contributed by atoms with Crippen molar-refractivity contribution in [2.45, 2.75) is 26.3 Å². The van der Waals surface area contributed by atoms with Gasteiger partial charge in [0.25, 0.3) is 0 Å². The van der Waals surface area contributed by atoms with Crippen LogP contribution < -0.4 is 10.2 Å². The summed E-state index contributed by atoms with van der Waals surface area (Å²) in [4.78, 5) is 24.5. The van der Waals surface area contributed by atoms with Crippen LogP contribution in [-0.2, 0) is 26.8 Å². The standard InChI is InChI=1S/C18H18F2N4O3/c1-3-27-16(25)10-24-15-5-4-12(8-13(15)18(19,20)17(24)26)21-9-14-11(2)6-7-22-23-14/h4-8,21H,3,9-10H2,1-2H3. The molecule has 1 aromatic heterocycles. The average Bonchev–Trinajstić information content (AvgIpc) is 2.82. The van der Waals surface area contributed by atoms with Crippen LogP contribution in [0.5, 0.6) is 0 Å². The quantitative estimate of drug-likeness (QED) is 0.780. The van der Waals surface area contributed by atoms with Crippen molar-refractivity contribution in [3.8, 4) is 0 Å². The fourth-order valence-corrected chi connectivity index (χ4v) is 2.80. The van der Waals surface area contributed by atoms with E-state index < -0.39 is 29.9 Å². The maximum Gasteiger partial charge on any atom is 0.352 e. The summed E-state index contributed by atoms with van der Waals surface area (Å²) in [6.07, 6.45) is 1.57. The summed E-state index contributed by atoms with van der Waals surface area (Å²) in [5.74, 6) is -5.88.